The SMILES string of the molecule is C/C(=C\c1ccccc1C=O)[Se][Se]/C(C)=C/c1ccccc1C=O. The van der Waals surface area contributed by atoms with Crippen molar-refractivity contribution in [2.75, 3.05) is 0 Å². The minimum absolute atomic E-state index is 0.375. The van der Waals surface area contributed by atoms with Gasteiger partial charge in [0.2, 0.25) is 0 Å². The van der Waals surface area contributed by atoms with Crippen LogP contribution < -0.4 is 0 Å². The Morgan fingerprint density at radius 2 is 1.00 bits per heavy atom. The van der Waals surface area contributed by atoms with E-state index in [1.54, 1.807) is 0 Å². The average Bonchev–Trinajstić information content (AvgIpc) is 2.61. The summed E-state index contributed by atoms with van der Waals surface area (Å²) >= 11 is 0.749. The van der Waals surface area contributed by atoms with E-state index in [9.17, 15) is 9.59 Å². The first-order valence-electron chi connectivity index (χ1n) is 7.43. The zero-order valence-electron chi connectivity index (χ0n) is 13.6. The van der Waals surface area contributed by atoms with Crippen LogP contribution in [-0.2, 0) is 0 Å². The molecule has 0 bridgehead atoms. The summed E-state index contributed by atoms with van der Waals surface area (Å²) in [5.74, 6) is 0. The van der Waals surface area contributed by atoms with Crippen molar-refractivity contribution in [2.24, 2.45) is 0 Å². The Labute approximate surface area is 153 Å². The van der Waals surface area contributed by atoms with Crippen LogP contribution in [0.15, 0.2) is 57.5 Å². The summed E-state index contributed by atoms with van der Waals surface area (Å²) in [5.41, 5.74) is 3.42. The van der Waals surface area contributed by atoms with Gasteiger partial charge in [-0.2, -0.15) is 0 Å². The van der Waals surface area contributed by atoms with Gasteiger partial charge in [0.05, 0.1) is 0 Å². The van der Waals surface area contributed by atoms with Gasteiger partial charge in [-0.15, -0.1) is 0 Å². The van der Waals surface area contributed by atoms with E-state index in [-0.39, 0.29) is 0 Å². The van der Waals surface area contributed by atoms with Crippen LogP contribution in [0.1, 0.15) is 45.7 Å². The average molecular weight is 448 g/mol. The van der Waals surface area contributed by atoms with E-state index in [0.717, 1.165) is 34.8 Å². The number of rotatable bonds is 7. The molecule has 0 saturated heterocycles. The molecule has 2 rings (SSSR count). The third-order valence-corrected chi connectivity index (χ3v) is 11.7. The molecule has 2 nitrogen and oxygen atoms in total. The topological polar surface area (TPSA) is 34.1 Å². The molecular formula is C20H18O2Se2. The molecule has 0 atom stereocenters. The van der Waals surface area contributed by atoms with E-state index >= 15 is 0 Å². The zero-order valence-corrected chi connectivity index (χ0v) is 17.0. The van der Waals surface area contributed by atoms with Gasteiger partial charge < -0.3 is 0 Å². The molecule has 0 N–H and O–H groups in total. The van der Waals surface area contributed by atoms with Crippen LogP contribution in [0.2, 0.25) is 0 Å². The Morgan fingerprint density at radius 3 is 1.33 bits per heavy atom. The van der Waals surface area contributed by atoms with Gasteiger partial charge in [-0.25, -0.2) is 0 Å². The molecule has 0 aliphatic carbocycles. The fourth-order valence-electron chi connectivity index (χ4n) is 2.12. The van der Waals surface area contributed by atoms with Crippen LogP contribution in [0.25, 0.3) is 12.2 Å². The summed E-state index contributed by atoms with van der Waals surface area (Å²) in [7, 11) is 0. The van der Waals surface area contributed by atoms with Crippen LogP contribution in [0, 0.1) is 0 Å². The molecule has 0 saturated carbocycles. The molecule has 2 aromatic rings. The van der Waals surface area contributed by atoms with Crippen LogP contribution >= 0.6 is 0 Å². The van der Waals surface area contributed by atoms with Crippen LogP contribution in [0.4, 0.5) is 0 Å². The maximum atomic E-state index is 11.1. The first-order chi connectivity index (χ1) is 11.6. The molecule has 0 radical (unpaired) electrons. The van der Waals surface area contributed by atoms with Crippen molar-refractivity contribution in [3.05, 3.63) is 79.7 Å². The Morgan fingerprint density at radius 1 is 0.667 bits per heavy atom. The van der Waals surface area contributed by atoms with E-state index in [2.05, 4.69) is 26.0 Å². The van der Waals surface area contributed by atoms with Crippen molar-refractivity contribution >= 4 is 51.0 Å². The second-order valence-electron chi connectivity index (χ2n) is 5.17. The van der Waals surface area contributed by atoms with E-state index in [0.29, 0.717) is 26.3 Å². The monoisotopic (exact) mass is 450 g/mol. The zero-order chi connectivity index (χ0) is 17.4. The van der Waals surface area contributed by atoms with E-state index in [4.69, 9.17) is 0 Å². The number of benzene rings is 2. The van der Waals surface area contributed by atoms with Crippen LogP contribution in [-0.4, -0.2) is 38.8 Å². The molecule has 0 fully saturated rings. The Kier molecular flexibility index (Phi) is 7.42. The number of hydrogen-bond donors (Lipinski definition) is 0. The van der Waals surface area contributed by atoms with Gasteiger partial charge in [0.15, 0.2) is 0 Å². The van der Waals surface area contributed by atoms with Crippen LogP contribution in [0.5, 0.6) is 0 Å². The summed E-state index contributed by atoms with van der Waals surface area (Å²) in [6, 6.07) is 15.3. The van der Waals surface area contributed by atoms with Crippen molar-refractivity contribution < 1.29 is 9.59 Å². The van der Waals surface area contributed by atoms with Crippen molar-refractivity contribution in [1.29, 1.82) is 0 Å². The predicted octanol–water partition coefficient (Wildman–Crippen LogP) is 4.06. The van der Waals surface area contributed by atoms with E-state index in [1.807, 2.05) is 48.5 Å². The summed E-state index contributed by atoms with van der Waals surface area (Å²) in [6.45, 7) is 4.24. The second kappa shape index (κ2) is 9.56. The molecule has 0 aliphatic rings. The first kappa shape index (κ1) is 18.6. The molecule has 4 heteroatoms. The molecule has 0 unspecified atom stereocenters. The van der Waals surface area contributed by atoms with E-state index < -0.39 is 0 Å². The number of hydrogen-bond acceptors (Lipinski definition) is 2. The Bertz CT molecular complexity index is 724. The second-order valence-corrected chi connectivity index (χ2v) is 12.2. The van der Waals surface area contributed by atoms with Crippen molar-refractivity contribution in [1.82, 2.24) is 0 Å². The number of carbonyl (C=O) groups is 2. The van der Waals surface area contributed by atoms with Crippen molar-refractivity contribution in [3.8, 4) is 0 Å². The van der Waals surface area contributed by atoms with Gasteiger partial charge in [-0.3, -0.25) is 0 Å². The quantitative estimate of drug-likeness (QED) is 0.473. The first-order valence-corrected chi connectivity index (χ1v) is 13.5. The van der Waals surface area contributed by atoms with E-state index in [1.165, 1.54) is 8.94 Å². The number of allylic oxidation sites excluding steroid dienone is 2. The predicted molar refractivity (Wildman–Crippen MR) is 102 cm³/mol. The molecule has 0 amide bonds. The van der Waals surface area contributed by atoms with Crippen molar-refractivity contribution in [3.63, 3.8) is 0 Å². The van der Waals surface area contributed by atoms with Gasteiger partial charge in [0.25, 0.3) is 0 Å². The molecule has 0 spiro atoms. The standard InChI is InChI=1S/C20H18O2Se2/c1-15(11-17-7-3-5-9-19(17)13-21)23-24-16(2)12-18-8-4-6-10-20(18)14-22/h3-14H,1-2H3/b15-11+,16-12+. The molecule has 0 heterocycles. The molecule has 122 valence electrons. The molecule has 24 heavy (non-hydrogen) atoms. The summed E-state index contributed by atoms with van der Waals surface area (Å²) < 4.78 is 2.63. The fourth-order valence-corrected chi connectivity index (χ4v) is 7.32. The molecule has 0 aliphatic heterocycles. The Balaban J connectivity index is 2.06. The van der Waals surface area contributed by atoms with Gasteiger partial charge in [0.1, 0.15) is 0 Å². The maximum absolute atomic E-state index is 11.1. The normalized spacial score (nSPS) is 12.1. The molecular weight excluding hydrogens is 430 g/mol. The van der Waals surface area contributed by atoms with Gasteiger partial charge >= 0.3 is 154 Å². The molecule has 0 aromatic heterocycles. The Hall–Kier alpha value is -1.70. The summed E-state index contributed by atoms with van der Waals surface area (Å²) in [4.78, 5) is 22.2. The number of carbonyl (C=O) groups excluding carboxylic acids is 2. The van der Waals surface area contributed by atoms with Gasteiger partial charge in [-0.05, 0) is 0 Å². The third kappa shape index (κ3) is 5.43. The number of aldehydes is 2. The summed E-state index contributed by atoms with van der Waals surface area (Å²) in [6.07, 6.45) is 6.02. The van der Waals surface area contributed by atoms with Gasteiger partial charge in [0, 0.05) is 0 Å². The van der Waals surface area contributed by atoms with Gasteiger partial charge in [-0.1, -0.05) is 0 Å². The summed E-state index contributed by atoms with van der Waals surface area (Å²) in [5, 5.41) is 0. The minimum atomic E-state index is 0.375. The fraction of sp³-hybridized carbons (Fsp3) is 0.100. The van der Waals surface area contributed by atoms with Crippen LogP contribution in [0.3, 0.4) is 0 Å². The van der Waals surface area contributed by atoms with Crippen molar-refractivity contribution in [2.45, 2.75) is 13.8 Å². The molecule has 2 aromatic carbocycles. The third-order valence-electron chi connectivity index (χ3n) is 3.27.